The van der Waals surface area contributed by atoms with E-state index in [2.05, 4.69) is 10.6 Å². The van der Waals surface area contributed by atoms with Crippen molar-refractivity contribution >= 4 is 64.0 Å². The lowest BCUT2D eigenvalue weighted by molar-refractivity contribution is -0.120. The van der Waals surface area contributed by atoms with Crippen LogP contribution >= 0.6 is 23.2 Å². The van der Waals surface area contributed by atoms with Crippen molar-refractivity contribution in [3.63, 3.8) is 0 Å². The summed E-state index contributed by atoms with van der Waals surface area (Å²) in [5, 5.41) is 15.3. The van der Waals surface area contributed by atoms with Gasteiger partial charge in [-0.1, -0.05) is 36.5 Å². The van der Waals surface area contributed by atoms with Gasteiger partial charge in [-0.3, -0.25) is 14.4 Å². The molecule has 0 spiro atoms. The lowest BCUT2D eigenvalue weighted by atomic mass is 10.1. The first-order chi connectivity index (χ1) is 18.7. The summed E-state index contributed by atoms with van der Waals surface area (Å²) < 4.78 is 5.17. The number of hydrogen-bond acceptors (Lipinski definition) is 7. The van der Waals surface area contributed by atoms with E-state index in [1.54, 1.807) is 0 Å². The number of benzene rings is 3. The number of imide groups is 1. The Hall–Kier alpha value is -4.34. The van der Waals surface area contributed by atoms with Crippen molar-refractivity contribution in [2.24, 2.45) is 0 Å². The summed E-state index contributed by atoms with van der Waals surface area (Å²) in [6.07, 6.45) is 1.65. The van der Waals surface area contributed by atoms with Crippen molar-refractivity contribution in [2.75, 3.05) is 22.1 Å². The maximum absolute atomic E-state index is 13.1. The van der Waals surface area contributed by atoms with Gasteiger partial charge in [0.05, 0.1) is 23.5 Å². The minimum Gasteiger partial charge on any atom is -0.506 e. The molecule has 3 amide bonds. The Kier molecular flexibility index (Phi) is 8.53. The molecule has 11 heteroatoms. The van der Waals surface area contributed by atoms with Crippen LogP contribution in [0.5, 0.6) is 5.75 Å². The second kappa shape index (κ2) is 12.0. The highest BCUT2D eigenvalue weighted by molar-refractivity contribution is 6.53. The van der Waals surface area contributed by atoms with Crippen molar-refractivity contribution in [3.05, 3.63) is 93.6 Å². The highest BCUT2D eigenvalue weighted by Crippen LogP contribution is 2.31. The van der Waals surface area contributed by atoms with E-state index in [0.717, 1.165) is 17.7 Å². The highest BCUT2D eigenvalue weighted by atomic mass is 35.5. The van der Waals surface area contributed by atoms with Gasteiger partial charge in [-0.15, -0.1) is 0 Å². The van der Waals surface area contributed by atoms with Crippen molar-refractivity contribution < 1.29 is 29.0 Å². The summed E-state index contributed by atoms with van der Waals surface area (Å²) in [5.41, 5.74) is 1.22. The predicted octanol–water partition coefficient (Wildman–Crippen LogP) is 5.69. The smallest absolute Gasteiger partial charge is 0.338 e. The molecule has 0 saturated carbocycles. The highest BCUT2D eigenvalue weighted by Gasteiger charge is 2.39. The molecular formula is C28H23Cl2N3O6. The van der Waals surface area contributed by atoms with Crippen LogP contribution < -0.4 is 15.5 Å². The largest absolute Gasteiger partial charge is 0.506 e. The number of carbonyl (C=O) groups is 4. The van der Waals surface area contributed by atoms with Crippen LogP contribution in [0.3, 0.4) is 0 Å². The average Bonchev–Trinajstić information content (AvgIpc) is 3.14. The van der Waals surface area contributed by atoms with Crippen LogP contribution in [0.4, 0.5) is 17.1 Å². The Morgan fingerprint density at radius 1 is 0.923 bits per heavy atom. The third-order valence-corrected chi connectivity index (χ3v) is 6.33. The number of anilines is 3. The Balaban J connectivity index is 1.43. The number of aromatic hydroxyl groups is 1. The van der Waals surface area contributed by atoms with E-state index < -0.39 is 23.7 Å². The van der Waals surface area contributed by atoms with E-state index >= 15 is 0 Å². The van der Waals surface area contributed by atoms with Gasteiger partial charge in [-0.05, 0) is 73.2 Å². The molecule has 0 saturated heterocycles. The van der Waals surface area contributed by atoms with Gasteiger partial charge in [0.1, 0.15) is 16.5 Å². The first kappa shape index (κ1) is 27.7. The van der Waals surface area contributed by atoms with Crippen LogP contribution in [0.2, 0.25) is 5.02 Å². The third kappa shape index (κ3) is 6.22. The van der Waals surface area contributed by atoms with Gasteiger partial charge in [-0.2, -0.15) is 0 Å². The van der Waals surface area contributed by atoms with Crippen LogP contribution in [0.1, 0.15) is 40.5 Å². The molecule has 1 aliphatic rings. The minimum atomic E-state index is -0.722. The van der Waals surface area contributed by atoms with Crippen LogP contribution in [0.15, 0.2) is 77.5 Å². The van der Waals surface area contributed by atoms with E-state index in [-0.39, 0.29) is 33.4 Å². The van der Waals surface area contributed by atoms with Crippen molar-refractivity contribution in [1.82, 2.24) is 0 Å². The predicted molar refractivity (Wildman–Crippen MR) is 148 cm³/mol. The van der Waals surface area contributed by atoms with Crippen LogP contribution in [-0.4, -0.2) is 35.4 Å². The molecule has 0 atom stereocenters. The topological polar surface area (TPSA) is 125 Å². The summed E-state index contributed by atoms with van der Waals surface area (Å²) in [7, 11) is 0. The Bertz CT molecular complexity index is 1470. The van der Waals surface area contributed by atoms with E-state index in [1.165, 1.54) is 66.7 Å². The van der Waals surface area contributed by atoms with Crippen molar-refractivity contribution in [2.45, 2.75) is 19.8 Å². The number of ether oxygens (including phenoxy) is 1. The average molecular weight is 568 g/mol. The standard InChI is InChI=1S/C28H23Cl2N3O6/c1-2-3-14-39-28(38)17-6-11-20(12-7-17)33-26(36)23(30)24(27(33)37)31-19-9-4-16(5-10-19)25(35)32-21-15-18(29)8-13-22(21)34/h4-13,15,31,34H,2-3,14H2,1H3,(H,32,35). The number of phenolic OH excluding ortho intramolecular Hbond substituents is 1. The fraction of sp³-hybridized carbons (Fsp3) is 0.143. The summed E-state index contributed by atoms with van der Waals surface area (Å²) in [6.45, 7) is 2.30. The second-order valence-corrected chi connectivity index (χ2v) is 9.30. The van der Waals surface area contributed by atoms with Gasteiger partial charge in [0, 0.05) is 16.3 Å². The fourth-order valence-corrected chi connectivity index (χ4v) is 4.02. The summed E-state index contributed by atoms with van der Waals surface area (Å²) in [5.74, 6) is -2.52. The number of rotatable bonds is 9. The van der Waals surface area contributed by atoms with E-state index in [1.807, 2.05) is 6.92 Å². The van der Waals surface area contributed by atoms with Crippen LogP contribution in [0.25, 0.3) is 0 Å². The second-order valence-electron chi connectivity index (χ2n) is 8.49. The molecule has 3 aromatic carbocycles. The van der Waals surface area contributed by atoms with Gasteiger partial charge in [0.25, 0.3) is 17.7 Å². The lowest BCUT2D eigenvalue weighted by Crippen LogP contribution is -2.32. The van der Waals surface area contributed by atoms with Crippen molar-refractivity contribution in [3.8, 4) is 5.75 Å². The van der Waals surface area contributed by atoms with E-state index in [0.29, 0.717) is 22.9 Å². The molecule has 3 N–H and O–H groups in total. The first-order valence-corrected chi connectivity index (χ1v) is 12.7. The molecule has 3 aromatic rings. The van der Waals surface area contributed by atoms with Gasteiger partial charge in [0.2, 0.25) is 0 Å². The molecule has 0 radical (unpaired) electrons. The number of amides is 3. The molecule has 200 valence electrons. The van der Waals surface area contributed by atoms with Gasteiger partial charge >= 0.3 is 5.97 Å². The summed E-state index contributed by atoms with van der Waals surface area (Å²) >= 11 is 12.1. The number of halogens is 2. The Morgan fingerprint density at radius 3 is 2.26 bits per heavy atom. The number of carbonyl (C=O) groups excluding carboxylic acids is 4. The van der Waals surface area contributed by atoms with Crippen LogP contribution in [-0.2, 0) is 14.3 Å². The summed E-state index contributed by atoms with van der Waals surface area (Å²) in [6, 6.07) is 16.2. The van der Waals surface area contributed by atoms with Gasteiger partial charge in [-0.25, -0.2) is 9.69 Å². The van der Waals surface area contributed by atoms with Crippen molar-refractivity contribution in [1.29, 1.82) is 0 Å². The zero-order chi connectivity index (χ0) is 28.1. The molecule has 0 aliphatic carbocycles. The number of esters is 1. The molecule has 9 nitrogen and oxygen atoms in total. The maximum Gasteiger partial charge on any atom is 0.338 e. The number of hydrogen-bond donors (Lipinski definition) is 3. The fourth-order valence-electron chi connectivity index (χ4n) is 3.64. The molecule has 0 aromatic heterocycles. The van der Waals surface area contributed by atoms with Crippen LogP contribution in [0, 0.1) is 0 Å². The minimum absolute atomic E-state index is 0.134. The SMILES string of the molecule is CCCCOC(=O)c1ccc(N2C(=O)C(Cl)=C(Nc3ccc(C(=O)Nc4cc(Cl)ccc4O)cc3)C2=O)cc1. The summed E-state index contributed by atoms with van der Waals surface area (Å²) in [4.78, 5) is 51.4. The molecule has 0 fully saturated rings. The monoisotopic (exact) mass is 567 g/mol. The number of nitrogens with zero attached hydrogens (tertiary/aromatic N) is 1. The quantitative estimate of drug-likeness (QED) is 0.131. The number of phenols is 1. The van der Waals surface area contributed by atoms with Gasteiger partial charge in [0.15, 0.2) is 0 Å². The molecule has 4 rings (SSSR count). The Labute approximate surface area is 234 Å². The van der Waals surface area contributed by atoms with Gasteiger partial charge < -0.3 is 20.5 Å². The maximum atomic E-state index is 13.1. The van der Waals surface area contributed by atoms with E-state index in [9.17, 15) is 24.3 Å². The zero-order valence-electron chi connectivity index (χ0n) is 20.7. The normalized spacial score (nSPS) is 13.1. The lowest BCUT2D eigenvalue weighted by Gasteiger charge is -2.15. The molecule has 39 heavy (non-hydrogen) atoms. The zero-order valence-corrected chi connectivity index (χ0v) is 22.2. The van der Waals surface area contributed by atoms with E-state index in [4.69, 9.17) is 27.9 Å². The third-order valence-electron chi connectivity index (χ3n) is 5.74. The molecular weight excluding hydrogens is 545 g/mol. The molecule has 1 heterocycles. The first-order valence-electron chi connectivity index (χ1n) is 11.9. The number of nitrogens with one attached hydrogen (secondary N) is 2. The number of unbranched alkanes of at least 4 members (excludes halogenated alkanes) is 1. The molecule has 1 aliphatic heterocycles. The Morgan fingerprint density at radius 2 is 1.59 bits per heavy atom. The molecule has 0 unspecified atom stereocenters. The molecule has 0 bridgehead atoms.